The van der Waals surface area contributed by atoms with E-state index in [1.54, 1.807) is 17.4 Å². The highest BCUT2D eigenvalue weighted by Crippen LogP contribution is 2.35. The van der Waals surface area contributed by atoms with Gasteiger partial charge in [-0.15, -0.1) is 11.3 Å². The molecule has 1 aromatic carbocycles. The molecule has 2 heterocycles. The lowest BCUT2D eigenvalue weighted by molar-refractivity contribution is -0.137. The fourth-order valence-electron chi connectivity index (χ4n) is 2.47. The number of rotatable bonds is 2. The molecular formula is C15H14F3NOS. The van der Waals surface area contributed by atoms with E-state index >= 15 is 0 Å². The molecule has 1 aromatic heterocycles. The van der Waals surface area contributed by atoms with Gasteiger partial charge in [0.15, 0.2) is 0 Å². The van der Waals surface area contributed by atoms with Crippen molar-refractivity contribution in [3.05, 3.63) is 51.7 Å². The Morgan fingerprint density at radius 2 is 2.10 bits per heavy atom. The molecule has 0 N–H and O–H groups in total. The molecular weight excluding hydrogens is 299 g/mol. The van der Waals surface area contributed by atoms with Gasteiger partial charge in [0.1, 0.15) is 11.9 Å². The number of thiophene rings is 1. The predicted molar refractivity (Wildman–Crippen MR) is 75.5 cm³/mol. The molecule has 0 amide bonds. The zero-order valence-electron chi connectivity index (χ0n) is 11.4. The van der Waals surface area contributed by atoms with Gasteiger partial charge in [0.05, 0.1) is 5.56 Å². The van der Waals surface area contributed by atoms with Gasteiger partial charge in [-0.3, -0.25) is 4.90 Å². The fourth-order valence-corrected chi connectivity index (χ4v) is 3.48. The van der Waals surface area contributed by atoms with Gasteiger partial charge in [0, 0.05) is 23.5 Å². The van der Waals surface area contributed by atoms with Crippen LogP contribution >= 0.6 is 11.3 Å². The Hall–Kier alpha value is -1.53. The summed E-state index contributed by atoms with van der Waals surface area (Å²) in [6.07, 6.45) is -4.58. The van der Waals surface area contributed by atoms with Gasteiger partial charge in [-0.2, -0.15) is 13.2 Å². The molecule has 1 aliphatic rings. The summed E-state index contributed by atoms with van der Waals surface area (Å²) in [5.41, 5.74) is 0.394. The zero-order valence-corrected chi connectivity index (χ0v) is 12.2. The van der Waals surface area contributed by atoms with E-state index < -0.39 is 11.7 Å². The number of alkyl halides is 3. The van der Waals surface area contributed by atoms with Crippen molar-refractivity contribution in [2.75, 3.05) is 13.6 Å². The molecule has 0 fully saturated rings. The molecule has 3 rings (SSSR count). The van der Waals surface area contributed by atoms with Crippen molar-refractivity contribution < 1.29 is 17.9 Å². The normalized spacial score (nSPS) is 19.3. The first-order valence-corrected chi connectivity index (χ1v) is 7.40. The number of nitrogens with zero attached hydrogens (tertiary/aromatic N) is 1. The summed E-state index contributed by atoms with van der Waals surface area (Å²) in [6, 6.07) is 7.04. The van der Waals surface area contributed by atoms with Gasteiger partial charge >= 0.3 is 6.18 Å². The third kappa shape index (κ3) is 3.06. The van der Waals surface area contributed by atoms with E-state index in [2.05, 4.69) is 4.90 Å². The standard InChI is InChI=1S/C15H14F3NOS/c1-19-8-13(12-5-6-21-14(12)9-19)20-11-4-2-3-10(7-11)15(16,17)18/h2-7,13H,8-9H2,1H3. The minimum atomic E-state index is -4.35. The number of hydrogen-bond acceptors (Lipinski definition) is 3. The Bertz CT molecular complexity index is 638. The molecule has 1 aliphatic heterocycles. The van der Waals surface area contributed by atoms with Crippen molar-refractivity contribution in [2.45, 2.75) is 18.8 Å². The van der Waals surface area contributed by atoms with Gasteiger partial charge in [-0.1, -0.05) is 6.07 Å². The quantitative estimate of drug-likeness (QED) is 0.818. The second kappa shape index (κ2) is 5.35. The molecule has 1 atom stereocenters. The van der Waals surface area contributed by atoms with Gasteiger partial charge in [0.25, 0.3) is 0 Å². The fraction of sp³-hybridized carbons (Fsp3) is 0.333. The van der Waals surface area contributed by atoms with Crippen LogP contribution in [0.1, 0.15) is 22.1 Å². The Morgan fingerprint density at radius 3 is 2.86 bits per heavy atom. The number of hydrogen-bond donors (Lipinski definition) is 0. The average Bonchev–Trinajstić information content (AvgIpc) is 2.86. The molecule has 6 heteroatoms. The molecule has 1 unspecified atom stereocenters. The molecule has 2 aromatic rings. The summed E-state index contributed by atoms with van der Waals surface area (Å²) in [4.78, 5) is 3.32. The van der Waals surface area contributed by atoms with Gasteiger partial charge in [-0.25, -0.2) is 0 Å². The van der Waals surface area contributed by atoms with Crippen molar-refractivity contribution in [1.29, 1.82) is 0 Å². The Labute approximate surface area is 124 Å². The summed E-state index contributed by atoms with van der Waals surface area (Å²) in [6.45, 7) is 1.52. The van der Waals surface area contributed by atoms with Crippen LogP contribution in [0.15, 0.2) is 35.7 Å². The van der Waals surface area contributed by atoms with E-state index in [-0.39, 0.29) is 11.9 Å². The van der Waals surface area contributed by atoms with Crippen LogP contribution < -0.4 is 4.74 Å². The highest BCUT2D eigenvalue weighted by atomic mass is 32.1. The number of fused-ring (bicyclic) bond motifs is 1. The lowest BCUT2D eigenvalue weighted by atomic mass is 10.1. The highest BCUT2D eigenvalue weighted by Gasteiger charge is 2.31. The first-order valence-electron chi connectivity index (χ1n) is 6.52. The molecule has 0 saturated heterocycles. The third-order valence-corrected chi connectivity index (χ3v) is 4.38. The van der Waals surface area contributed by atoms with E-state index in [1.807, 2.05) is 18.5 Å². The molecule has 0 radical (unpaired) electrons. The molecule has 0 bridgehead atoms. The maximum absolute atomic E-state index is 12.7. The van der Waals surface area contributed by atoms with Crippen LogP contribution in [0.25, 0.3) is 0 Å². The Morgan fingerprint density at radius 1 is 1.29 bits per heavy atom. The Balaban J connectivity index is 1.85. The number of benzene rings is 1. The zero-order chi connectivity index (χ0) is 15.0. The minimum absolute atomic E-state index is 0.228. The summed E-state index contributed by atoms with van der Waals surface area (Å²) >= 11 is 1.65. The smallest absolute Gasteiger partial charge is 0.416 e. The largest absolute Gasteiger partial charge is 0.484 e. The third-order valence-electron chi connectivity index (χ3n) is 3.46. The van der Waals surface area contributed by atoms with Gasteiger partial charge < -0.3 is 4.74 Å². The van der Waals surface area contributed by atoms with Crippen molar-refractivity contribution in [3.8, 4) is 5.75 Å². The molecule has 21 heavy (non-hydrogen) atoms. The maximum atomic E-state index is 12.7. The molecule has 2 nitrogen and oxygen atoms in total. The van der Waals surface area contributed by atoms with E-state index in [9.17, 15) is 13.2 Å². The average molecular weight is 313 g/mol. The van der Waals surface area contributed by atoms with Crippen LogP contribution in [0.3, 0.4) is 0 Å². The van der Waals surface area contributed by atoms with Crippen LogP contribution in [0, 0.1) is 0 Å². The van der Waals surface area contributed by atoms with E-state index in [0.717, 1.165) is 24.2 Å². The predicted octanol–water partition coefficient (Wildman–Crippen LogP) is 4.33. The molecule has 0 aliphatic carbocycles. The minimum Gasteiger partial charge on any atom is -0.484 e. The van der Waals surface area contributed by atoms with Crippen LogP contribution in [0.4, 0.5) is 13.2 Å². The van der Waals surface area contributed by atoms with Crippen molar-refractivity contribution in [3.63, 3.8) is 0 Å². The molecule has 0 saturated carbocycles. The monoisotopic (exact) mass is 313 g/mol. The topological polar surface area (TPSA) is 12.5 Å². The highest BCUT2D eigenvalue weighted by molar-refractivity contribution is 7.10. The van der Waals surface area contributed by atoms with Crippen molar-refractivity contribution in [1.82, 2.24) is 4.90 Å². The summed E-state index contributed by atoms with van der Waals surface area (Å²) in [5.74, 6) is 0.252. The molecule has 0 spiro atoms. The maximum Gasteiger partial charge on any atom is 0.416 e. The van der Waals surface area contributed by atoms with Crippen molar-refractivity contribution >= 4 is 11.3 Å². The van der Waals surface area contributed by atoms with Crippen LogP contribution in [-0.4, -0.2) is 18.5 Å². The van der Waals surface area contributed by atoms with E-state index in [1.165, 1.54) is 10.9 Å². The van der Waals surface area contributed by atoms with Gasteiger partial charge in [-0.05, 0) is 36.7 Å². The van der Waals surface area contributed by atoms with E-state index in [4.69, 9.17) is 4.74 Å². The van der Waals surface area contributed by atoms with Gasteiger partial charge in [0.2, 0.25) is 0 Å². The lowest BCUT2D eigenvalue weighted by Gasteiger charge is -2.30. The Kier molecular flexibility index (Phi) is 3.67. The lowest BCUT2D eigenvalue weighted by Crippen LogP contribution is -2.32. The first-order chi connectivity index (χ1) is 9.93. The summed E-state index contributed by atoms with van der Waals surface area (Å²) < 4.78 is 44.0. The summed E-state index contributed by atoms with van der Waals surface area (Å²) in [7, 11) is 1.98. The second-order valence-corrected chi connectivity index (χ2v) is 6.13. The first kappa shape index (κ1) is 14.4. The van der Waals surface area contributed by atoms with Crippen LogP contribution in [0.5, 0.6) is 5.75 Å². The van der Waals surface area contributed by atoms with Crippen LogP contribution in [0.2, 0.25) is 0 Å². The van der Waals surface area contributed by atoms with Crippen molar-refractivity contribution in [2.24, 2.45) is 0 Å². The summed E-state index contributed by atoms with van der Waals surface area (Å²) in [5, 5.41) is 1.99. The van der Waals surface area contributed by atoms with E-state index in [0.29, 0.717) is 6.54 Å². The number of ether oxygens (including phenoxy) is 1. The number of halogens is 3. The molecule has 112 valence electrons. The SMILES string of the molecule is CN1Cc2sccc2C(Oc2cccc(C(F)(F)F)c2)C1. The second-order valence-electron chi connectivity index (χ2n) is 5.13. The van der Waals surface area contributed by atoms with Crippen LogP contribution in [-0.2, 0) is 12.7 Å². The number of likely N-dealkylation sites (N-methyl/N-ethyl adjacent to an activating group) is 1.